The third-order valence-electron chi connectivity index (χ3n) is 6.64. The summed E-state index contributed by atoms with van der Waals surface area (Å²) in [6.07, 6.45) is 0.556. The zero-order valence-electron chi connectivity index (χ0n) is 21.4. The molecule has 39 heavy (non-hydrogen) atoms. The Morgan fingerprint density at radius 2 is 1.59 bits per heavy atom. The molecule has 0 fully saturated rings. The first-order chi connectivity index (χ1) is 18.5. The number of benzene rings is 3. The van der Waals surface area contributed by atoms with Gasteiger partial charge in [-0.1, -0.05) is 59.6 Å². The molecule has 11 heteroatoms. The average Bonchev–Trinajstić information content (AvgIpc) is 2.91. The fourth-order valence-electron chi connectivity index (χ4n) is 4.66. The number of hydrogen-bond acceptors (Lipinski definition) is 4. The van der Waals surface area contributed by atoms with E-state index in [-0.39, 0.29) is 47.6 Å². The first kappa shape index (κ1) is 29.4. The molecular weight excluding hydrogens is 567 g/mol. The van der Waals surface area contributed by atoms with Crippen molar-refractivity contribution in [2.24, 2.45) is 0 Å². The molecule has 1 heterocycles. The van der Waals surface area contributed by atoms with Gasteiger partial charge in [-0.3, -0.25) is 9.69 Å². The lowest BCUT2D eigenvalue weighted by atomic mass is 10.1. The second-order valence-electron chi connectivity index (χ2n) is 9.52. The third-order valence-corrected chi connectivity index (χ3v) is 9.17. The van der Waals surface area contributed by atoms with Gasteiger partial charge in [-0.15, -0.1) is 0 Å². The van der Waals surface area contributed by atoms with Crippen LogP contribution in [0.15, 0.2) is 60.7 Å². The summed E-state index contributed by atoms with van der Waals surface area (Å²) in [6.45, 7) is 3.04. The van der Waals surface area contributed by atoms with Crippen molar-refractivity contribution < 1.29 is 22.0 Å². The lowest BCUT2D eigenvalue weighted by Gasteiger charge is -2.27. The third kappa shape index (κ3) is 7.55. The fraction of sp³-hybridized carbons (Fsp3) is 0.321. The van der Waals surface area contributed by atoms with E-state index in [0.29, 0.717) is 36.6 Å². The van der Waals surface area contributed by atoms with E-state index in [4.69, 9.17) is 23.2 Å². The van der Waals surface area contributed by atoms with Crippen molar-refractivity contribution in [3.8, 4) is 0 Å². The quantitative estimate of drug-likeness (QED) is 0.370. The van der Waals surface area contributed by atoms with Crippen molar-refractivity contribution in [1.82, 2.24) is 9.21 Å². The Bertz CT molecular complexity index is 1440. The molecule has 0 saturated carbocycles. The molecule has 4 rings (SSSR count). The van der Waals surface area contributed by atoms with Gasteiger partial charge in [-0.2, -0.15) is 4.31 Å². The minimum atomic E-state index is -3.96. The summed E-state index contributed by atoms with van der Waals surface area (Å²) in [5.74, 6) is -2.93. The first-order valence-electron chi connectivity index (χ1n) is 12.5. The molecule has 0 radical (unpaired) electrons. The number of rotatable bonds is 5. The highest BCUT2D eigenvalue weighted by Crippen LogP contribution is 2.29. The van der Waals surface area contributed by atoms with E-state index in [9.17, 15) is 22.0 Å². The van der Waals surface area contributed by atoms with E-state index in [0.717, 1.165) is 17.7 Å². The highest BCUT2D eigenvalue weighted by molar-refractivity contribution is 7.88. The molecule has 0 N–H and O–H groups in total. The standard InChI is InChI=1S/C28H29Cl2F2N3O3S/c1-20(36)35-11-5-10-33(17-21-6-3-2-4-7-21)12-13-34(18-23-15-26(31)27(32)16-28(23)35)39(37,38)19-22-8-9-24(29)25(30)14-22/h2-4,6-9,14-16H,5,10-13,17-19H2,1H3. The highest BCUT2D eigenvalue weighted by atomic mass is 35.5. The van der Waals surface area contributed by atoms with Crippen LogP contribution in [0.5, 0.6) is 0 Å². The number of carbonyl (C=O) groups is 1. The monoisotopic (exact) mass is 595 g/mol. The van der Waals surface area contributed by atoms with Crippen molar-refractivity contribution in [2.45, 2.75) is 32.2 Å². The van der Waals surface area contributed by atoms with Crippen LogP contribution in [0.1, 0.15) is 30.0 Å². The summed E-state index contributed by atoms with van der Waals surface area (Å²) in [5, 5.41) is 0.538. The molecule has 0 unspecified atom stereocenters. The molecule has 1 aliphatic rings. The molecule has 0 aliphatic carbocycles. The summed E-state index contributed by atoms with van der Waals surface area (Å²) >= 11 is 12.1. The van der Waals surface area contributed by atoms with E-state index < -0.39 is 21.7 Å². The van der Waals surface area contributed by atoms with Gasteiger partial charge in [0.2, 0.25) is 15.9 Å². The minimum Gasteiger partial charge on any atom is -0.312 e. The van der Waals surface area contributed by atoms with Gasteiger partial charge in [0.1, 0.15) is 0 Å². The zero-order valence-corrected chi connectivity index (χ0v) is 23.7. The number of sulfonamides is 1. The number of hydrogen-bond donors (Lipinski definition) is 0. The molecule has 208 valence electrons. The van der Waals surface area contributed by atoms with Crippen LogP contribution in [0, 0.1) is 11.6 Å². The lowest BCUT2D eigenvalue weighted by molar-refractivity contribution is -0.116. The molecule has 0 saturated heterocycles. The van der Waals surface area contributed by atoms with Gasteiger partial charge >= 0.3 is 0 Å². The molecule has 3 aromatic carbocycles. The maximum atomic E-state index is 14.4. The Morgan fingerprint density at radius 3 is 2.28 bits per heavy atom. The van der Waals surface area contributed by atoms with Crippen molar-refractivity contribution >= 4 is 44.8 Å². The van der Waals surface area contributed by atoms with Crippen LogP contribution in [-0.2, 0) is 33.7 Å². The van der Waals surface area contributed by atoms with E-state index in [1.54, 1.807) is 6.07 Å². The number of carbonyl (C=O) groups excluding carboxylic acids is 1. The van der Waals surface area contributed by atoms with Crippen LogP contribution in [0.4, 0.5) is 14.5 Å². The van der Waals surface area contributed by atoms with E-state index in [2.05, 4.69) is 4.90 Å². The molecule has 3 aromatic rings. The SMILES string of the molecule is CC(=O)N1CCCN(Cc2ccccc2)CCN(S(=O)(=O)Cc2ccc(Cl)c(Cl)c2)Cc2cc(F)c(F)cc21. The average molecular weight is 597 g/mol. The summed E-state index contributed by atoms with van der Waals surface area (Å²) in [7, 11) is -3.96. The van der Waals surface area contributed by atoms with E-state index in [1.807, 2.05) is 30.3 Å². The molecule has 0 aromatic heterocycles. The molecule has 6 nitrogen and oxygen atoms in total. The minimum absolute atomic E-state index is 0.106. The number of nitrogens with zero attached hydrogens (tertiary/aromatic N) is 3. The topological polar surface area (TPSA) is 60.9 Å². The molecule has 0 spiro atoms. The molecular formula is C28H29Cl2F2N3O3S. The first-order valence-corrected chi connectivity index (χ1v) is 14.8. The molecule has 0 atom stereocenters. The normalized spacial score (nSPS) is 16.0. The molecule has 0 bridgehead atoms. The summed E-state index contributed by atoms with van der Waals surface area (Å²) < 4.78 is 57.5. The van der Waals surface area contributed by atoms with Gasteiger partial charge in [-0.05, 0) is 41.3 Å². The Morgan fingerprint density at radius 1 is 0.872 bits per heavy atom. The van der Waals surface area contributed by atoms with Crippen LogP contribution in [0.3, 0.4) is 0 Å². The second kappa shape index (κ2) is 12.7. The van der Waals surface area contributed by atoms with E-state index >= 15 is 0 Å². The predicted molar refractivity (Wildman–Crippen MR) is 150 cm³/mol. The van der Waals surface area contributed by atoms with Crippen LogP contribution in [0.2, 0.25) is 10.0 Å². The zero-order chi connectivity index (χ0) is 28.2. The lowest BCUT2D eigenvalue weighted by Crippen LogP contribution is -2.39. The van der Waals surface area contributed by atoms with Crippen LogP contribution in [0.25, 0.3) is 0 Å². The van der Waals surface area contributed by atoms with Crippen molar-refractivity contribution in [2.75, 3.05) is 31.1 Å². The van der Waals surface area contributed by atoms with Crippen LogP contribution >= 0.6 is 23.2 Å². The predicted octanol–water partition coefficient (Wildman–Crippen LogP) is 5.86. The van der Waals surface area contributed by atoms with Gasteiger partial charge in [0.15, 0.2) is 11.6 Å². The number of fused-ring (bicyclic) bond motifs is 1. The van der Waals surface area contributed by atoms with Crippen molar-refractivity contribution in [3.63, 3.8) is 0 Å². The number of amides is 1. The van der Waals surface area contributed by atoms with Gasteiger partial charge in [0.05, 0.1) is 21.5 Å². The number of anilines is 1. The Labute approximate surface area is 237 Å². The molecule has 1 amide bonds. The summed E-state index contributed by atoms with van der Waals surface area (Å²) in [6, 6.07) is 16.3. The van der Waals surface area contributed by atoms with Gasteiger partial charge in [0, 0.05) is 52.3 Å². The summed E-state index contributed by atoms with van der Waals surface area (Å²) in [5.41, 5.74) is 1.87. The van der Waals surface area contributed by atoms with Crippen molar-refractivity contribution in [3.05, 3.63) is 99.0 Å². The Balaban J connectivity index is 1.72. The Kier molecular flexibility index (Phi) is 9.61. The van der Waals surface area contributed by atoms with Crippen LogP contribution in [-0.4, -0.2) is 49.7 Å². The van der Waals surface area contributed by atoms with Crippen molar-refractivity contribution in [1.29, 1.82) is 0 Å². The van der Waals surface area contributed by atoms with Gasteiger partial charge in [-0.25, -0.2) is 17.2 Å². The van der Waals surface area contributed by atoms with Gasteiger partial charge in [0.25, 0.3) is 0 Å². The second-order valence-corrected chi connectivity index (χ2v) is 12.3. The highest BCUT2D eigenvalue weighted by Gasteiger charge is 2.28. The summed E-state index contributed by atoms with van der Waals surface area (Å²) in [4.78, 5) is 16.1. The van der Waals surface area contributed by atoms with Crippen LogP contribution < -0.4 is 4.90 Å². The smallest absolute Gasteiger partial charge is 0.223 e. The number of halogens is 4. The maximum Gasteiger partial charge on any atom is 0.223 e. The maximum absolute atomic E-state index is 14.4. The largest absolute Gasteiger partial charge is 0.312 e. The molecule has 1 aliphatic heterocycles. The van der Waals surface area contributed by atoms with E-state index in [1.165, 1.54) is 28.3 Å². The van der Waals surface area contributed by atoms with Gasteiger partial charge < -0.3 is 4.90 Å². The fourth-order valence-corrected chi connectivity index (χ4v) is 6.46. The Hall–Kier alpha value is -2.56.